The van der Waals surface area contributed by atoms with Gasteiger partial charge in [0.2, 0.25) is 10.0 Å². The number of carbonyl (C=O) groups is 1. The fraction of sp³-hybridized carbons (Fsp3) is 0.381. The molecule has 1 amide bonds. The Balaban J connectivity index is 2.30. The van der Waals surface area contributed by atoms with Gasteiger partial charge in [0, 0.05) is 12.6 Å². The number of sulfonamides is 1. The molecule has 2 rings (SSSR count). The number of benzene rings is 2. The maximum absolute atomic E-state index is 12.8. The SMILES string of the molecule is CC[C@@H](NC(=O)c1ccc(C)c(N(C)S(C)(=O)=O)c1)c1ccc(C)c(C)c1. The van der Waals surface area contributed by atoms with E-state index >= 15 is 0 Å². The van der Waals surface area contributed by atoms with Gasteiger partial charge < -0.3 is 5.32 Å². The zero-order chi connectivity index (χ0) is 20.4. The monoisotopic (exact) mass is 388 g/mol. The number of anilines is 1. The number of amides is 1. The van der Waals surface area contributed by atoms with E-state index in [-0.39, 0.29) is 11.9 Å². The highest BCUT2D eigenvalue weighted by Crippen LogP contribution is 2.24. The molecule has 0 fully saturated rings. The first kappa shape index (κ1) is 21.0. The van der Waals surface area contributed by atoms with Crippen LogP contribution in [-0.2, 0) is 10.0 Å². The van der Waals surface area contributed by atoms with E-state index in [9.17, 15) is 13.2 Å². The van der Waals surface area contributed by atoms with Crippen molar-refractivity contribution in [2.24, 2.45) is 0 Å². The molecule has 0 bridgehead atoms. The molecule has 6 heteroatoms. The van der Waals surface area contributed by atoms with Gasteiger partial charge in [-0.2, -0.15) is 0 Å². The molecule has 5 nitrogen and oxygen atoms in total. The quantitative estimate of drug-likeness (QED) is 0.816. The van der Waals surface area contributed by atoms with E-state index < -0.39 is 10.0 Å². The normalized spacial score (nSPS) is 12.5. The summed E-state index contributed by atoms with van der Waals surface area (Å²) in [6.07, 6.45) is 1.90. The van der Waals surface area contributed by atoms with E-state index in [1.165, 1.54) is 22.5 Å². The van der Waals surface area contributed by atoms with Crippen LogP contribution in [0, 0.1) is 20.8 Å². The van der Waals surface area contributed by atoms with Gasteiger partial charge in [-0.1, -0.05) is 31.2 Å². The third-order valence-electron chi connectivity index (χ3n) is 4.95. The van der Waals surface area contributed by atoms with Gasteiger partial charge in [-0.05, 0) is 61.6 Å². The third kappa shape index (κ3) is 4.89. The lowest BCUT2D eigenvalue weighted by Crippen LogP contribution is -2.29. The highest BCUT2D eigenvalue weighted by atomic mass is 32.2. The zero-order valence-electron chi connectivity index (χ0n) is 16.8. The van der Waals surface area contributed by atoms with E-state index in [0.29, 0.717) is 11.3 Å². The molecule has 0 aromatic heterocycles. The van der Waals surface area contributed by atoms with Crippen LogP contribution in [0.15, 0.2) is 36.4 Å². The van der Waals surface area contributed by atoms with Crippen molar-refractivity contribution in [2.75, 3.05) is 17.6 Å². The predicted octanol–water partition coefficient (Wildman–Crippen LogP) is 3.89. The molecular weight excluding hydrogens is 360 g/mol. The number of nitrogens with zero attached hydrogens (tertiary/aromatic N) is 1. The summed E-state index contributed by atoms with van der Waals surface area (Å²) in [5, 5.41) is 3.06. The number of rotatable bonds is 6. The number of hydrogen-bond donors (Lipinski definition) is 1. The Bertz CT molecular complexity index is 952. The molecule has 0 spiro atoms. The van der Waals surface area contributed by atoms with E-state index in [1.54, 1.807) is 18.2 Å². The van der Waals surface area contributed by atoms with Gasteiger partial charge in [-0.3, -0.25) is 9.10 Å². The Morgan fingerprint density at radius 2 is 1.67 bits per heavy atom. The van der Waals surface area contributed by atoms with Gasteiger partial charge in [-0.15, -0.1) is 0 Å². The average molecular weight is 389 g/mol. The summed E-state index contributed by atoms with van der Waals surface area (Å²) in [6, 6.07) is 11.2. The van der Waals surface area contributed by atoms with Crippen molar-refractivity contribution in [1.29, 1.82) is 0 Å². The highest BCUT2D eigenvalue weighted by molar-refractivity contribution is 7.92. The molecule has 2 aromatic carbocycles. The van der Waals surface area contributed by atoms with Crippen LogP contribution in [0.3, 0.4) is 0 Å². The van der Waals surface area contributed by atoms with Crippen LogP contribution >= 0.6 is 0 Å². The van der Waals surface area contributed by atoms with Crippen LogP contribution < -0.4 is 9.62 Å². The molecule has 0 radical (unpaired) electrons. The van der Waals surface area contributed by atoms with Crippen molar-refractivity contribution in [3.05, 3.63) is 64.2 Å². The minimum absolute atomic E-state index is 0.103. The first-order chi connectivity index (χ1) is 12.5. The van der Waals surface area contributed by atoms with Gasteiger partial charge >= 0.3 is 0 Å². The number of aryl methyl sites for hydroxylation is 3. The van der Waals surface area contributed by atoms with Crippen molar-refractivity contribution in [3.63, 3.8) is 0 Å². The Morgan fingerprint density at radius 3 is 2.22 bits per heavy atom. The van der Waals surface area contributed by atoms with Crippen LogP contribution in [0.5, 0.6) is 0 Å². The van der Waals surface area contributed by atoms with Crippen molar-refractivity contribution < 1.29 is 13.2 Å². The molecule has 2 aromatic rings. The van der Waals surface area contributed by atoms with Crippen LogP contribution in [0.4, 0.5) is 5.69 Å². The molecule has 0 aliphatic rings. The second-order valence-corrected chi connectivity index (χ2v) is 9.02. The van der Waals surface area contributed by atoms with Crippen LogP contribution in [0.25, 0.3) is 0 Å². The lowest BCUT2D eigenvalue weighted by atomic mass is 9.99. The zero-order valence-corrected chi connectivity index (χ0v) is 17.6. The maximum Gasteiger partial charge on any atom is 0.251 e. The van der Waals surface area contributed by atoms with Crippen molar-refractivity contribution in [2.45, 2.75) is 40.2 Å². The first-order valence-electron chi connectivity index (χ1n) is 8.97. The number of nitrogens with one attached hydrogen (secondary N) is 1. The first-order valence-corrected chi connectivity index (χ1v) is 10.8. The summed E-state index contributed by atoms with van der Waals surface area (Å²) in [6.45, 7) is 7.96. The van der Waals surface area contributed by atoms with Crippen LogP contribution in [0.2, 0.25) is 0 Å². The Kier molecular flexibility index (Phi) is 6.31. The van der Waals surface area contributed by atoms with Gasteiger partial charge in [0.15, 0.2) is 0 Å². The minimum atomic E-state index is -3.40. The van der Waals surface area contributed by atoms with E-state index in [2.05, 4.69) is 31.3 Å². The molecule has 0 aliphatic carbocycles. The number of hydrogen-bond acceptors (Lipinski definition) is 3. The van der Waals surface area contributed by atoms with Crippen LogP contribution in [-0.4, -0.2) is 27.6 Å². The fourth-order valence-electron chi connectivity index (χ4n) is 2.91. The van der Waals surface area contributed by atoms with Gasteiger partial charge in [0.25, 0.3) is 5.91 Å². The van der Waals surface area contributed by atoms with Crippen LogP contribution in [0.1, 0.15) is 52.0 Å². The Hall–Kier alpha value is -2.34. The maximum atomic E-state index is 12.8. The van der Waals surface area contributed by atoms with Gasteiger partial charge in [0.1, 0.15) is 0 Å². The van der Waals surface area contributed by atoms with Gasteiger partial charge in [0.05, 0.1) is 18.0 Å². The Morgan fingerprint density at radius 1 is 1.04 bits per heavy atom. The number of carbonyl (C=O) groups excluding carboxylic acids is 1. The predicted molar refractivity (Wildman–Crippen MR) is 111 cm³/mol. The third-order valence-corrected chi connectivity index (χ3v) is 6.15. The van der Waals surface area contributed by atoms with E-state index in [4.69, 9.17) is 0 Å². The van der Waals surface area contributed by atoms with Gasteiger partial charge in [-0.25, -0.2) is 8.42 Å². The minimum Gasteiger partial charge on any atom is -0.345 e. The smallest absolute Gasteiger partial charge is 0.251 e. The van der Waals surface area contributed by atoms with E-state index in [1.807, 2.05) is 19.9 Å². The molecular formula is C21H28N2O3S. The summed E-state index contributed by atoms with van der Waals surface area (Å²) in [5.41, 5.74) is 5.20. The molecule has 0 heterocycles. The van der Waals surface area contributed by atoms with Crippen molar-refractivity contribution in [1.82, 2.24) is 5.32 Å². The summed E-state index contributed by atoms with van der Waals surface area (Å²) in [7, 11) is -1.91. The van der Waals surface area contributed by atoms with E-state index in [0.717, 1.165) is 23.8 Å². The summed E-state index contributed by atoms with van der Waals surface area (Å²) in [5.74, 6) is -0.219. The molecule has 0 saturated heterocycles. The molecule has 146 valence electrons. The second kappa shape index (κ2) is 8.13. The second-order valence-electron chi connectivity index (χ2n) is 7.01. The molecule has 0 unspecified atom stereocenters. The molecule has 0 saturated carbocycles. The summed E-state index contributed by atoms with van der Waals surface area (Å²) < 4.78 is 24.9. The summed E-state index contributed by atoms with van der Waals surface area (Å²) >= 11 is 0. The topological polar surface area (TPSA) is 66.5 Å². The van der Waals surface area contributed by atoms with Crippen molar-refractivity contribution >= 4 is 21.6 Å². The molecule has 0 aliphatic heterocycles. The highest BCUT2D eigenvalue weighted by Gasteiger charge is 2.19. The lowest BCUT2D eigenvalue weighted by Gasteiger charge is -2.21. The lowest BCUT2D eigenvalue weighted by molar-refractivity contribution is 0.0935. The average Bonchev–Trinajstić information content (AvgIpc) is 2.61. The largest absolute Gasteiger partial charge is 0.345 e. The molecule has 1 N–H and O–H groups in total. The van der Waals surface area contributed by atoms with Crippen molar-refractivity contribution in [3.8, 4) is 0 Å². The standard InChI is InChI=1S/C21H28N2O3S/c1-7-19(17-10-8-14(2)16(4)12-17)22-21(24)18-11-9-15(3)20(13-18)23(5)27(6,25)26/h8-13,19H,7H2,1-6H3,(H,22,24)/t19-/m1/s1. The molecule has 1 atom stereocenters. The fourth-order valence-corrected chi connectivity index (χ4v) is 3.47. The Labute approximate surface area is 162 Å². The molecule has 27 heavy (non-hydrogen) atoms. The summed E-state index contributed by atoms with van der Waals surface area (Å²) in [4.78, 5) is 12.8.